The van der Waals surface area contributed by atoms with Crippen LogP contribution in [0.4, 0.5) is 0 Å². The topological polar surface area (TPSA) is 70.1 Å². The number of thiophene rings is 1. The number of rotatable bonds is 6. The summed E-state index contributed by atoms with van der Waals surface area (Å²) in [5.41, 5.74) is 0.978. The number of aliphatic hydroxyl groups is 1. The van der Waals surface area contributed by atoms with E-state index in [1.807, 2.05) is 19.9 Å². The van der Waals surface area contributed by atoms with Gasteiger partial charge in [0.2, 0.25) is 10.0 Å². The molecular weight excluding hydrogens is 384 g/mol. The van der Waals surface area contributed by atoms with E-state index in [0.717, 1.165) is 10.4 Å². The van der Waals surface area contributed by atoms with E-state index in [2.05, 4.69) is 4.90 Å². The first-order chi connectivity index (χ1) is 12.8. The Balaban J connectivity index is 1.60. The van der Waals surface area contributed by atoms with Gasteiger partial charge in [-0.1, -0.05) is 0 Å². The molecule has 1 atom stereocenters. The van der Waals surface area contributed by atoms with Gasteiger partial charge in [-0.3, -0.25) is 4.90 Å². The van der Waals surface area contributed by atoms with E-state index in [-0.39, 0.29) is 4.90 Å². The SMILES string of the molecule is COc1ccc(S(=O)(=O)N2CCN(C[C@H](O)c3cc(C)sc3C)CC2)cc1. The highest BCUT2D eigenvalue weighted by Gasteiger charge is 2.29. The Hall–Kier alpha value is -1.45. The number of ether oxygens (including phenoxy) is 1. The van der Waals surface area contributed by atoms with E-state index >= 15 is 0 Å². The van der Waals surface area contributed by atoms with Gasteiger partial charge in [0.1, 0.15) is 5.75 Å². The van der Waals surface area contributed by atoms with Crippen molar-refractivity contribution < 1.29 is 18.3 Å². The summed E-state index contributed by atoms with van der Waals surface area (Å²) in [6, 6.07) is 8.50. The summed E-state index contributed by atoms with van der Waals surface area (Å²) in [6.07, 6.45) is -0.542. The van der Waals surface area contributed by atoms with Gasteiger partial charge in [-0.15, -0.1) is 11.3 Å². The first kappa shape index (κ1) is 20.3. The first-order valence-corrected chi connectivity index (χ1v) is 11.2. The summed E-state index contributed by atoms with van der Waals surface area (Å²) in [5, 5.41) is 10.5. The fraction of sp³-hybridized carbons (Fsp3) is 0.474. The number of hydrogen-bond acceptors (Lipinski definition) is 6. The van der Waals surface area contributed by atoms with Gasteiger partial charge in [0.15, 0.2) is 0 Å². The largest absolute Gasteiger partial charge is 0.497 e. The Morgan fingerprint density at radius 2 is 1.78 bits per heavy atom. The minimum absolute atomic E-state index is 0.279. The molecule has 3 rings (SSSR count). The molecule has 8 heteroatoms. The summed E-state index contributed by atoms with van der Waals surface area (Å²) in [6.45, 7) is 6.63. The van der Waals surface area contributed by atoms with Gasteiger partial charge in [-0.25, -0.2) is 8.42 Å². The Bertz CT molecular complexity index is 870. The highest BCUT2D eigenvalue weighted by Crippen LogP contribution is 2.27. The molecule has 6 nitrogen and oxygen atoms in total. The van der Waals surface area contributed by atoms with E-state index in [0.29, 0.717) is 38.5 Å². The van der Waals surface area contributed by atoms with Crippen molar-refractivity contribution in [3.8, 4) is 5.75 Å². The van der Waals surface area contributed by atoms with Crippen molar-refractivity contribution in [1.29, 1.82) is 0 Å². The first-order valence-electron chi connectivity index (χ1n) is 8.93. The van der Waals surface area contributed by atoms with Gasteiger partial charge in [-0.2, -0.15) is 4.31 Å². The van der Waals surface area contributed by atoms with Crippen molar-refractivity contribution in [2.45, 2.75) is 24.8 Å². The molecule has 0 amide bonds. The minimum Gasteiger partial charge on any atom is -0.497 e. The molecule has 1 N–H and O–H groups in total. The molecule has 0 unspecified atom stereocenters. The molecule has 0 aliphatic carbocycles. The Morgan fingerprint density at radius 3 is 2.30 bits per heavy atom. The van der Waals surface area contributed by atoms with E-state index in [9.17, 15) is 13.5 Å². The van der Waals surface area contributed by atoms with Crippen LogP contribution in [0.3, 0.4) is 0 Å². The van der Waals surface area contributed by atoms with Crippen molar-refractivity contribution in [3.63, 3.8) is 0 Å². The zero-order valence-electron chi connectivity index (χ0n) is 15.9. The molecule has 2 heterocycles. The van der Waals surface area contributed by atoms with Crippen LogP contribution >= 0.6 is 11.3 Å². The fourth-order valence-corrected chi connectivity index (χ4v) is 5.78. The molecule has 27 heavy (non-hydrogen) atoms. The number of methoxy groups -OCH3 is 1. The Kier molecular flexibility index (Phi) is 6.22. The van der Waals surface area contributed by atoms with Crippen molar-refractivity contribution in [2.75, 3.05) is 39.8 Å². The van der Waals surface area contributed by atoms with Crippen molar-refractivity contribution in [3.05, 3.63) is 45.6 Å². The van der Waals surface area contributed by atoms with Gasteiger partial charge in [0, 0.05) is 42.5 Å². The van der Waals surface area contributed by atoms with Crippen molar-refractivity contribution in [2.24, 2.45) is 0 Å². The number of piperazine rings is 1. The summed E-state index contributed by atoms with van der Waals surface area (Å²) < 4.78 is 32.2. The third kappa shape index (κ3) is 4.52. The maximum Gasteiger partial charge on any atom is 0.243 e. The van der Waals surface area contributed by atoms with Gasteiger partial charge in [0.05, 0.1) is 18.1 Å². The molecule has 1 aliphatic heterocycles. The van der Waals surface area contributed by atoms with E-state index in [1.54, 1.807) is 42.7 Å². The second-order valence-corrected chi connectivity index (χ2v) is 10.2. The monoisotopic (exact) mass is 410 g/mol. The van der Waals surface area contributed by atoms with Crippen LogP contribution in [0.25, 0.3) is 0 Å². The lowest BCUT2D eigenvalue weighted by Crippen LogP contribution is -2.49. The molecular formula is C19H26N2O4S2. The molecule has 0 saturated carbocycles. The number of β-amino-alcohol motifs (C(OH)–C–C–N with tert-alkyl or cyclic N) is 1. The van der Waals surface area contributed by atoms with Crippen LogP contribution in [0.5, 0.6) is 5.75 Å². The predicted octanol–water partition coefficient (Wildman–Crippen LogP) is 2.41. The van der Waals surface area contributed by atoms with Gasteiger partial charge in [0.25, 0.3) is 0 Å². The van der Waals surface area contributed by atoms with Crippen LogP contribution in [0.1, 0.15) is 21.4 Å². The van der Waals surface area contributed by atoms with E-state index < -0.39 is 16.1 Å². The van der Waals surface area contributed by atoms with Crippen molar-refractivity contribution >= 4 is 21.4 Å². The second kappa shape index (κ2) is 8.28. The van der Waals surface area contributed by atoms with Crippen molar-refractivity contribution in [1.82, 2.24) is 9.21 Å². The second-order valence-electron chi connectivity index (χ2n) is 6.76. The van der Waals surface area contributed by atoms with Gasteiger partial charge in [-0.05, 0) is 49.7 Å². The average molecular weight is 411 g/mol. The minimum atomic E-state index is -3.50. The summed E-state index contributed by atoms with van der Waals surface area (Å²) in [5.74, 6) is 0.631. The number of hydrogen-bond donors (Lipinski definition) is 1. The highest BCUT2D eigenvalue weighted by atomic mass is 32.2. The lowest BCUT2D eigenvalue weighted by Gasteiger charge is -2.35. The smallest absolute Gasteiger partial charge is 0.243 e. The fourth-order valence-electron chi connectivity index (χ4n) is 3.37. The molecule has 2 aromatic rings. The zero-order valence-corrected chi connectivity index (χ0v) is 17.5. The predicted molar refractivity (Wildman–Crippen MR) is 107 cm³/mol. The van der Waals surface area contributed by atoms with Crippen LogP contribution in [-0.2, 0) is 10.0 Å². The molecule has 1 saturated heterocycles. The Morgan fingerprint density at radius 1 is 1.15 bits per heavy atom. The van der Waals surface area contributed by atoms with Crippen LogP contribution < -0.4 is 4.74 Å². The number of sulfonamides is 1. The number of benzene rings is 1. The lowest BCUT2D eigenvalue weighted by molar-refractivity contribution is 0.0920. The number of nitrogens with zero attached hydrogens (tertiary/aromatic N) is 2. The van der Waals surface area contributed by atoms with Crippen LogP contribution in [0.2, 0.25) is 0 Å². The summed E-state index contributed by atoms with van der Waals surface area (Å²) in [4.78, 5) is 4.73. The number of aliphatic hydroxyl groups excluding tert-OH is 1. The Labute approximate surface area is 165 Å². The molecule has 1 aromatic carbocycles. The molecule has 0 spiro atoms. The molecule has 1 aliphatic rings. The molecule has 1 fully saturated rings. The number of aryl methyl sites for hydroxylation is 2. The maximum absolute atomic E-state index is 12.8. The lowest BCUT2D eigenvalue weighted by atomic mass is 10.1. The van der Waals surface area contributed by atoms with E-state index in [4.69, 9.17) is 4.74 Å². The third-order valence-corrected chi connectivity index (χ3v) is 7.79. The highest BCUT2D eigenvalue weighted by molar-refractivity contribution is 7.89. The summed E-state index contributed by atoms with van der Waals surface area (Å²) >= 11 is 1.69. The standard InChI is InChI=1S/C19H26N2O4S2/c1-14-12-18(15(2)26-14)19(22)13-20-8-10-21(11-9-20)27(23,24)17-6-4-16(25-3)5-7-17/h4-7,12,19,22H,8-11,13H2,1-3H3/t19-/m0/s1. The van der Waals surface area contributed by atoms with Crippen LogP contribution in [0, 0.1) is 13.8 Å². The van der Waals surface area contributed by atoms with Crippen LogP contribution in [-0.4, -0.2) is 62.6 Å². The van der Waals surface area contributed by atoms with Crippen LogP contribution in [0.15, 0.2) is 35.2 Å². The molecule has 0 radical (unpaired) electrons. The average Bonchev–Trinajstić information content (AvgIpc) is 3.00. The quantitative estimate of drug-likeness (QED) is 0.792. The zero-order chi connectivity index (χ0) is 19.6. The summed E-state index contributed by atoms with van der Waals surface area (Å²) in [7, 11) is -1.95. The van der Waals surface area contributed by atoms with Gasteiger partial charge >= 0.3 is 0 Å². The molecule has 0 bridgehead atoms. The molecule has 148 valence electrons. The molecule has 1 aromatic heterocycles. The third-order valence-electron chi connectivity index (χ3n) is 4.90. The van der Waals surface area contributed by atoms with Gasteiger partial charge < -0.3 is 9.84 Å². The maximum atomic E-state index is 12.8. The normalized spacial score (nSPS) is 17.8. The van der Waals surface area contributed by atoms with E-state index in [1.165, 1.54) is 9.18 Å².